The lowest BCUT2D eigenvalue weighted by Gasteiger charge is -2.06. The summed E-state index contributed by atoms with van der Waals surface area (Å²) in [6.45, 7) is 0.975. The highest BCUT2D eigenvalue weighted by Gasteiger charge is 2.13. The van der Waals surface area contributed by atoms with Crippen LogP contribution in [0.15, 0.2) is 9.59 Å². The van der Waals surface area contributed by atoms with E-state index in [1.165, 1.54) is 18.7 Å². The van der Waals surface area contributed by atoms with E-state index in [4.69, 9.17) is 4.74 Å². The Hall–Kier alpha value is -2.29. The highest BCUT2D eigenvalue weighted by molar-refractivity contribution is 5.67. The van der Waals surface area contributed by atoms with Crippen LogP contribution in [0.2, 0.25) is 0 Å². The molecule has 19 heavy (non-hydrogen) atoms. The maximum atomic E-state index is 11.9. The van der Waals surface area contributed by atoms with Crippen molar-refractivity contribution in [2.24, 2.45) is 14.1 Å². The predicted octanol–water partition coefficient (Wildman–Crippen LogP) is -1.98. The number of fused-ring (bicyclic) bond motifs is 1. The van der Waals surface area contributed by atoms with Gasteiger partial charge in [0.1, 0.15) is 6.61 Å². The number of rotatable bonds is 4. The molecule has 0 aliphatic heterocycles. The number of nitrogens with zero attached hydrogens (tertiary/aromatic N) is 5. The van der Waals surface area contributed by atoms with Crippen LogP contribution in [0.3, 0.4) is 0 Å². The summed E-state index contributed by atoms with van der Waals surface area (Å²) in [5, 5.41) is 10.4. The van der Waals surface area contributed by atoms with Gasteiger partial charge in [0.15, 0.2) is 11.2 Å². The molecule has 2 heterocycles. The van der Waals surface area contributed by atoms with E-state index in [2.05, 4.69) is 20.5 Å². The van der Waals surface area contributed by atoms with E-state index < -0.39 is 11.2 Å². The van der Waals surface area contributed by atoms with E-state index in [9.17, 15) is 9.59 Å². The molecule has 0 spiro atoms. The molecular weight excluding hydrogens is 252 g/mol. The first kappa shape index (κ1) is 13.1. The maximum absolute atomic E-state index is 11.9. The van der Waals surface area contributed by atoms with Crippen molar-refractivity contribution in [2.45, 2.75) is 0 Å². The van der Waals surface area contributed by atoms with Crippen molar-refractivity contribution >= 4 is 11.2 Å². The van der Waals surface area contributed by atoms with E-state index in [0.29, 0.717) is 13.2 Å². The average molecular weight is 266 g/mol. The van der Waals surface area contributed by atoms with Crippen LogP contribution < -0.4 is 21.3 Å². The van der Waals surface area contributed by atoms with Gasteiger partial charge in [0.2, 0.25) is 0 Å². The van der Waals surface area contributed by atoms with Crippen LogP contribution in [-0.4, -0.2) is 44.5 Å². The minimum atomic E-state index is -0.522. The third-order valence-corrected chi connectivity index (χ3v) is 2.63. The Labute approximate surface area is 107 Å². The van der Waals surface area contributed by atoms with Crippen molar-refractivity contribution in [2.75, 3.05) is 20.2 Å². The van der Waals surface area contributed by atoms with Crippen molar-refractivity contribution in [3.63, 3.8) is 0 Å². The Balaban J connectivity index is 2.54. The van der Waals surface area contributed by atoms with Crippen LogP contribution in [0, 0.1) is 0 Å². The van der Waals surface area contributed by atoms with Gasteiger partial charge in [-0.1, -0.05) is 5.10 Å². The molecule has 1 N–H and O–H groups in total. The van der Waals surface area contributed by atoms with Gasteiger partial charge in [0.25, 0.3) is 5.56 Å². The first-order valence-electron chi connectivity index (χ1n) is 5.64. The predicted molar refractivity (Wildman–Crippen MR) is 67.2 cm³/mol. The van der Waals surface area contributed by atoms with Crippen LogP contribution in [0.1, 0.15) is 0 Å². The van der Waals surface area contributed by atoms with Crippen LogP contribution >= 0.6 is 0 Å². The molecule has 0 aromatic carbocycles. The highest BCUT2D eigenvalue weighted by atomic mass is 16.5. The lowest BCUT2D eigenvalue weighted by molar-refractivity contribution is 0.291. The van der Waals surface area contributed by atoms with Crippen molar-refractivity contribution in [3.8, 4) is 6.01 Å². The fourth-order valence-corrected chi connectivity index (χ4v) is 1.54. The van der Waals surface area contributed by atoms with Crippen molar-refractivity contribution in [1.82, 2.24) is 29.6 Å². The van der Waals surface area contributed by atoms with Gasteiger partial charge in [-0.25, -0.2) is 4.79 Å². The van der Waals surface area contributed by atoms with E-state index in [0.717, 1.165) is 4.57 Å². The lowest BCUT2D eigenvalue weighted by Crippen LogP contribution is -2.38. The van der Waals surface area contributed by atoms with Gasteiger partial charge in [-0.05, 0) is 7.05 Å². The van der Waals surface area contributed by atoms with Gasteiger partial charge in [0.05, 0.1) is 0 Å². The van der Waals surface area contributed by atoms with Crippen LogP contribution in [-0.2, 0) is 14.1 Å². The second-order valence-corrected chi connectivity index (χ2v) is 3.92. The molecule has 9 nitrogen and oxygen atoms in total. The van der Waals surface area contributed by atoms with Gasteiger partial charge in [0, 0.05) is 20.6 Å². The van der Waals surface area contributed by atoms with Gasteiger partial charge in [-0.15, -0.1) is 5.10 Å². The van der Waals surface area contributed by atoms with E-state index in [1.807, 2.05) is 0 Å². The summed E-state index contributed by atoms with van der Waals surface area (Å²) in [4.78, 5) is 27.6. The largest absolute Gasteiger partial charge is 0.461 e. The molecule has 0 aliphatic rings. The second kappa shape index (κ2) is 5.14. The summed E-state index contributed by atoms with van der Waals surface area (Å²) in [6.07, 6.45) is 0. The number of aromatic nitrogens is 5. The van der Waals surface area contributed by atoms with E-state index in [-0.39, 0.29) is 17.2 Å². The smallest absolute Gasteiger partial charge is 0.336 e. The minimum Gasteiger partial charge on any atom is -0.461 e. The molecule has 0 saturated carbocycles. The molecule has 0 bridgehead atoms. The summed E-state index contributed by atoms with van der Waals surface area (Å²) in [7, 11) is 4.67. The number of nitrogens with one attached hydrogen (secondary N) is 1. The number of aryl methyl sites for hydroxylation is 1. The molecule has 0 unspecified atom stereocenters. The molecule has 0 aliphatic carbocycles. The normalized spacial score (nSPS) is 10.9. The van der Waals surface area contributed by atoms with Gasteiger partial charge >= 0.3 is 11.7 Å². The lowest BCUT2D eigenvalue weighted by atomic mass is 10.5. The fraction of sp³-hybridized carbons (Fsp3) is 0.500. The Kier molecular flexibility index (Phi) is 3.56. The Morgan fingerprint density at radius 1 is 1.21 bits per heavy atom. The number of ether oxygens (including phenoxy) is 1. The molecule has 0 saturated heterocycles. The molecule has 2 aromatic rings. The van der Waals surface area contributed by atoms with Crippen LogP contribution in [0.25, 0.3) is 11.2 Å². The van der Waals surface area contributed by atoms with E-state index in [1.54, 1.807) is 7.05 Å². The molecular formula is C10H14N6O3. The molecule has 0 atom stereocenters. The molecule has 0 fully saturated rings. The highest BCUT2D eigenvalue weighted by Crippen LogP contribution is 2.04. The zero-order chi connectivity index (χ0) is 14.0. The first-order chi connectivity index (χ1) is 9.06. The molecule has 102 valence electrons. The molecule has 9 heteroatoms. The summed E-state index contributed by atoms with van der Waals surface area (Å²) in [5.74, 6) is 0. The van der Waals surface area contributed by atoms with Gasteiger partial charge < -0.3 is 10.1 Å². The zero-order valence-electron chi connectivity index (χ0n) is 10.9. The second-order valence-electron chi connectivity index (χ2n) is 3.92. The standard InChI is InChI=1S/C10H14N6O3/c1-11-4-5-19-9-12-6-7(13-14-9)15(2)10(18)16(3)8(6)17/h11H,4-5H2,1-3H3. The van der Waals surface area contributed by atoms with Gasteiger partial charge in [-0.3, -0.25) is 13.9 Å². The average Bonchev–Trinajstić information content (AvgIpc) is 2.43. The summed E-state index contributed by atoms with van der Waals surface area (Å²) < 4.78 is 7.42. The monoisotopic (exact) mass is 266 g/mol. The Morgan fingerprint density at radius 2 is 1.95 bits per heavy atom. The summed E-state index contributed by atoms with van der Waals surface area (Å²) in [5.41, 5.74) is -0.808. The SMILES string of the molecule is CNCCOc1nnc2c(n1)c(=O)n(C)c(=O)n2C. The van der Waals surface area contributed by atoms with Crippen molar-refractivity contribution in [1.29, 1.82) is 0 Å². The molecule has 0 radical (unpaired) electrons. The van der Waals surface area contributed by atoms with Gasteiger partial charge in [-0.2, -0.15) is 4.98 Å². The molecule has 0 amide bonds. The Bertz CT molecular complexity index is 720. The zero-order valence-corrected chi connectivity index (χ0v) is 10.9. The van der Waals surface area contributed by atoms with Crippen LogP contribution in [0.5, 0.6) is 6.01 Å². The topological polar surface area (TPSA) is 104 Å². The van der Waals surface area contributed by atoms with E-state index >= 15 is 0 Å². The quantitative estimate of drug-likeness (QED) is 0.639. The maximum Gasteiger partial charge on any atom is 0.336 e. The molecule has 2 aromatic heterocycles. The van der Waals surface area contributed by atoms with Crippen molar-refractivity contribution in [3.05, 3.63) is 20.8 Å². The third kappa shape index (κ3) is 2.32. The van der Waals surface area contributed by atoms with Crippen molar-refractivity contribution < 1.29 is 4.74 Å². The third-order valence-electron chi connectivity index (χ3n) is 2.63. The number of hydrogen-bond donors (Lipinski definition) is 1. The Morgan fingerprint density at radius 3 is 2.63 bits per heavy atom. The first-order valence-corrected chi connectivity index (χ1v) is 5.64. The molecule has 2 rings (SSSR count). The number of hydrogen-bond acceptors (Lipinski definition) is 7. The summed E-state index contributed by atoms with van der Waals surface area (Å²) >= 11 is 0. The number of likely N-dealkylation sites (N-methyl/N-ethyl adjacent to an activating group) is 1. The summed E-state index contributed by atoms with van der Waals surface area (Å²) in [6, 6.07) is 0.0125. The fourth-order valence-electron chi connectivity index (χ4n) is 1.54. The van der Waals surface area contributed by atoms with Crippen LogP contribution in [0.4, 0.5) is 0 Å². The minimum absolute atomic E-state index is 0.0125.